The van der Waals surface area contributed by atoms with Crippen molar-refractivity contribution in [3.05, 3.63) is 163 Å². The SMILES string of the molecule is Cc1cc(-c2ccccc2)ccc1-c1cc(-c2ccc(-c3ccccc3)cc2C)c2c3c1Oc1ccccc1B3c1ccccc1O2. The van der Waals surface area contributed by atoms with E-state index in [1.807, 2.05) is 0 Å². The van der Waals surface area contributed by atoms with Crippen LogP contribution in [0.5, 0.6) is 23.0 Å². The van der Waals surface area contributed by atoms with Gasteiger partial charge in [-0.1, -0.05) is 133 Å². The van der Waals surface area contributed by atoms with E-state index in [0.29, 0.717) is 0 Å². The van der Waals surface area contributed by atoms with Crippen molar-refractivity contribution in [2.75, 3.05) is 0 Å². The van der Waals surface area contributed by atoms with E-state index in [-0.39, 0.29) is 6.71 Å². The van der Waals surface area contributed by atoms with Crippen molar-refractivity contribution in [2.45, 2.75) is 13.8 Å². The van der Waals surface area contributed by atoms with E-state index in [4.69, 9.17) is 9.47 Å². The molecule has 3 heteroatoms. The third kappa shape index (κ3) is 4.50. The Morgan fingerprint density at radius 1 is 0.383 bits per heavy atom. The van der Waals surface area contributed by atoms with Crippen LogP contribution in [0.1, 0.15) is 11.1 Å². The highest BCUT2D eigenvalue weighted by molar-refractivity contribution is 6.98. The number of aryl methyl sites for hydroxylation is 2. The van der Waals surface area contributed by atoms with Gasteiger partial charge in [0.05, 0.1) is 0 Å². The van der Waals surface area contributed by atoms with Crippen LogP contribution in [0.25, 0.3) is 44.5 Å². The quantitative estimate of drug-likeness (QED) is 0.187. The predicted molar refractivity (Wildman–Crippen MR) is 195 cm³/mol. The average Bonchev–Trinajstić information content (AvgIpc) is 3.12. The van der Waals surface area contributed by atoms with E-state index in [0.717, 1.165) is 61.6 Å². The molecule has 0 aliphatic carbocycles. The molecule has 2 heterocycles. The van der Waals surface area contributed by atoms with Crippen molar-refractivity contribution in [2.24, 2.45) is 0 Å². The maximum Gasteiger partial charge on any atom is 0.260 e. The van der Waals surface area contributed by atoms with Gasteiger partial charge in [0.15, 0.2) is 0 Å². The first-order valence-electron chi connectivity index (χ1n) is 16.2. The lowest BCUT2D eigenvalue weighted by Crippen LogP contribution is -2.57. The van der Waals surface area contributed by atoms with Gasteiger partial charge in [0.1, 0.15) is 23.0 Å². The van der Waals surface area contributed by atoms with Gasteiger partial charge in [-0.05, 0) is 87.5 Å². The molecule has 0 fully saturated rings. The highest BCUT2D eigenvalue weighted by atomic mass is 16.5. The Labute approximate surface area is 276 Å². The Morgan fingerprint density at radius 2 is 0.809 bits per heavy atom. The van der Waals surface area contributed by atoms with Crippen molar-refractivity contribution < 1.29 is 9.47 Å². The van der Waals surface area contributed by atoms with E-state index in [1.165, 1.54) is 33.4 Å². The monoisotopic (exact) mass is 602 g/mol. The van der Waals surface area contributed by atoms with Crippen molar-refractivity contribution in [3.63, 3.8) is 0 Å². The Balaban J connectivity index is 1.31. The van der Waals surface area contributed by atoms with E-state index < -0.39 is 0 Å². The molecule has 0 bridgehead atoms. The van der Waals surface area contributed by atoms with Gasteiger partial charge in [-0.15, -0.1) is 0 Å². The molecular weight excluding hydrogens is 571 g/mol. The van der Waals surface area contributed by atoms with Gasteiger partial charge < -0.3 is 9.47 Å². The molecule has 7 aromatic rings. The summed E-state index contributed by atoms with van der Waals surface area (Å²) in [7, 11) is 0. The second-order valence-electron chi connectivity index (χ2n) is 12.5. The summed E-state index contributed by atoms with van der Waals surface area (Å²) in [5.74, 6) is 3.53. The Hall–Kier alpha value is -5.80. The minimum atomic E-state index is -0.0126. The molecule has 0 saturated carbocycles. The molecule has 0 atom stereocenters. The summed E-state index contributed by atoms with van der Waals surface area (Å²) in [6, 6.07) is 53.9. The molecule has 0 radical (unpaired) electrons. The van der Waals surface area contributed by atoms with Gasteiger partial charge in [0.25, 0.3) is 6.71 Å². The molecule has 222 valence electrons. The minimum absolute atomic E-state index is 0.0126. The predicted octanol–water partition coefficient (Wildman–Crippen LogP) is 9.70. The lowest BCUT2D eigenvalue weighted by atomic mass is 9.34. The third-order valence-electron chi connectivity index (χ3n) is 9.69. The molecule has 2 aliphatic heterocycles. The summed E-state index contributed by atoms with van der Waals surface area (Å²) in [4.78, 5) is 0. The van der Waals surface area contributed by atoms with Crippen LogP contribution in [0.4, 0.5) is 0 Å². The second-order valence-corrected chi connectivity index (χ2v) is 12.5. The van der Waals surface area contributed by atoms with Crippen molar-refractivity contribution in [1.29, 1.82) is 0 Å². The Morgan fingerprint density at radius 3 is 1.26 bits per heavy atom. The summed E-state index contributed by atoms with van der Waals surface area (Å²) < 4.78 is 13.8. The topological polar surface area (TPSA) is 18.5 Å². The fraction of sp³-hybridized carbons (Fsp3) is 0.0455. The van der Waals surface area contributed by atoms with Gasteiger partial charge in [-0.3, -0.25) is 0 Å². The Kier molecular flexibility index (Phi) is 6.40. The number of hydrogen-bond donors (Lipinski definition) is 0. The summed E-state index contributed by atoms with van der Waals surface area (Å²) in [5, 5.41) is 0. The number of benzene rings is 7. The minimum Gasteiger partial charge on any atom is -0.458 e. The van der Waals surface area contributed by atoms with Crippen molar-refractivity contribution >= 4 is 23.1 Å². The number of hydrogen-bond acceptors (Lipinski definition) is 2. The van der Waals surface area contributed by atoms with Gasteiger partial charge in [0, 0.05) is 16.6 Å². The number of fused-ring (bicyclic) bond motifs is 4. The van der Waals surface area contributed by atoms with Crippen LogP contribution in [-0.4, -0.2) is 6.71 Å². The second kappa shape index (κ2) is 10.9. The zero-order valence-corrected chi connectivity index (χ0v) is 26.3. The molecule has 0 aromatic heterocycles. The van der Waals surface area contributed by atoms with Crippen LogP contribution in [0, 0.1) is 13.8 Å². The number of para-hydroxylation sites is 2. The molecule has 47 heavy (non-hydrogen) atoms. The fourth-order valence-electron chi connectivity index (χ4n) is 7.43. The van der Waals surface area contributed by atoms with E-state index in [9.17, 15) is 0 Å². The van der Waals surface area contributed by atoms with E-state index in [2.05, 4.69) is 166 Å². The van der Waals surface area contributed by atoms with Crippen LogP contribution in [-0.2, 0) is 0 Å². The maximum atomic E-state index is 6.91. The molecule has 7 aromatic carbocycles. The zero-order valence-electron chi connectivity index (χ0n) is 26.3. The normalized spacial score (nSPS) is 12.3. The summed E-state index contributed by atoms with van der Waals surface area (Å²) in [5.41, 5.74) is 15.1. The van der Waals surface area contributed by atoms with Crippen LogP contribution in [0.15, 0.2) is 152 Å². The molecular formula is C44H31BO2. The highest BCUT2D eigenvalue weighted by Gasteiger charge is 2.42. The summed E-state index contributed by atoms with van der Waals surface area (Å²) in [6.45, 7) is 4.39. The molecule has 0 amide bonds. The number of rotatable bonds is 4. The molecule has 2 nitrogen and oxygen atoms in total. The first-order chi connectivity index (χ1) is 23.1. The average molecular weight is 603 g/mol. The third-order valence-corrected chi connectivity index (χ3v) is 9.69. The first-order valence-corrected chi connectivity index (χ1v) is 16.2. The molecule has 9 rings (SSSR count). The maximum absolute atomic E-state index is 6.91. The largest absolute Gasteiger partial charge is 0.458 e. The van der Waals surface area contributed by atoms with Crippen LogP contribution < -0.4 is 25.9 Å². The van der Waals surface area contributed by atoms with Crippen LogP contribution >= 0.6 is 0 Å². The fourth-order valence-corrected chi connectivity index (χ4v) is 7.43. The lowest BCUT2D eigenvalue weighted by Gasteiger charge is -2.35. The van der Waals surface area contributed by atoms with E-state index in [1.54, 1.807) is 0 Å². The van der Waals surface area contributed by atoms with Gasteiger partial charge >= 0.3 is 0 Å². The standard InChI is InChI=1S/C44H31BO2/c1-28-25-32(30-13-5-3-6-14-30)21-23-34(28)36-27-37(35-24-22-33(26-29(35)2)31-15-7-4-8-16-31)44-42-43(36)46-40-19-11-9-17-38(40)45(42)39-18-10-12-20-41(39)47-44/h3-27H,1-2H3. The Bertz CT molecular complexity index is 2160. The van der Waals surface area contributed by atoms with Gasteiger partial charge in [-0.25, -0.2) is 0 Å². The molecule has 2 aliphatic rings. The first kappa shape index (κ1) is 27.5. The summed E-state index contributed by atoms with van der Waals surface area (Å²) >= 11 is 0. The van der Waals surface area contributed by atoms with E-state index >= 15 is 0 Å². The smallest absolute Gasteiger partial charge is 0.260 e. The van der Waals surface area contributed by atoms with Crippen LogP contribution in [0.2, 0.25) is 0 Å². The van der Waals surface area contributed by atoms with Gasteiger partial charge in [-0.2, -0.15) is 0 Å². The highest BCUT2D eigenvalue weighted by Crippen LogP contribution is 2.47. The van der Waals surface area contributed by atoms with Crippen LogP contribution in [0.3, 0.4) is 0 Å². The molecule has 0 saturated heterocycles. The van der Waals surface area contributed by atoms with Crippen molar-refractivity contribution in [1.82, 2.24) is 0 Å². The molecule has 0 unspecified atom stereocenters. The zero-order chi connectivity index (χ0) is 31.5. The van der Waals surface area contributed by atoms with Crippen molar-refractivity contribution in [3.8, 4) is 67.5 Å². The van der Waals surface area contributed by atoms with Gasteiger partial charge in [0.2, 0.25) is 0 Å². The molecule has 0 N–H and O–H groups in total. The summed E-state index contributed by atoms with van der Waals surface area (Å²) in [6.07, 6.45) is 0. The number of ether oxygens (including phenoxy) is 2. The lowest BCUT2D eigenvalue weighted by molar-refractivity contribution is 0.466. The molecule has 0 spiro atoms.